The molecule has 2 saturated heterocycles. The number of hydrogen-bond acceptors (Lipinski definition) is 8. The number of hydrogen-bond donors (Lipinski definition) is 1. The molecule has 4 aromatic carbocycles. The molecule has 0 aliphatic carbocycles. The van der Waals surface area contributed by atoms with Crippen molar-refractivity contribution in [1.29, 1.82) is 0 Å². The lowest BCUT2D eigenvalue weighted by atomic mass is 10.0. The van der Waals surface area contributed by atoms with E-state index in [0.29, 0.717) is 18.5 Å². The molecule has 0 saturated carbocycles. The monoisotopic (exact) mass is 803 g/mol. The first-order valence-electron chi connectivity index (χ1n) is 19.6. The molecule has 11 heteroatoms. The summed E-state index contributed by atoms with van der Waals surface area (Å²) in [6.07, 6.45) is 10.7. The molecule has 290 valence electrons. The van der Waals surface area contributed by atoms with Gasteiger partial charge in [-0.3, -0.25) is 14.4 Å². The van der Waals surface area contributed by atoms with Crippen molar-refractivity contribution in [3.63, 3.8) is 0 Å². The Bertz CT molecular complexity index is 2500. The van der Waals surface area contributed by atoms with Crippen LogP contribution < -0.4 is 5.32 Å². The Morgan fingerprint density at radius 1 is 0.672 bits per heavy atom. The van der Waals surface area contributed by atoms with Crippen molar-refractivity contribution < 1.29 is 18.8 Å². The highest BCUT2D eigenvalue weighted by Gasteiger charge is 2.37. The first kappa shape index (κ1) is 37.4. The van der Waals surface area contributed by atoms with E-state index in [4.69, 9.17) is 14.4 Å². The normalized spacial score (nSPS) is 17.0. The van der Waals surface area contributed by atoms with Crippen LogP contribution >= 0.6 is 22.7 Å². The number of amides is 3. The van der Waals surface area contributed by atoms with E-state index in [9.17, 15) is 14.4 Å². The van der Waals surface area contributed by atoms with Gasteiger partial charge >= 0.3 is 0 Å². The van der Waals surface area contributed by atoms with Gasteiger partial charge in [0.15, 0.2) is 0 Å². The molecule has 58 heavy (non-hydrogen) atoms. The highest BCUT2D eigenvalue weighted by Crippen LogP contribution is 2.40. The topological polar surface area (TPSA) is 109 Å². The van der Waals surface area contributed by atoms with Gasteiger partial charge < -0.3 is 19.5 Å². The Labute approximate surface area is 345 Å². The molecule has 1 unspecified atom stereocenters. The van der Waals surface area contributed by atoms with Crippen LogP contribution in [0.2, 0.25) is 0 Å². The van der Waals surface area contributed by atoms with Crippen molar-refractivity contribution in [1.82, 2.24) is 25.1 Å². The van der Waals surface area contributed by atoms with Crippen LogP contribution in [0.1, 0.15) is 75.3 Å². The first-order chi connectivity index (χ1) is 28.5. The second-order valence-electron chi connectivity index (χ2n) is 14.7. The first-order valence-corrected chi connectivity index (χ1v) is 21.3. The van der Waals surface area contributed by atoms with Gasteiger partial charge in [0.2, 0.25) is 11.8 Å². The number of carbonyl (C=O) groups excluding carboxylic acids is 3. The van der Waals surface area contributed by atoms with Crippen LogP contribution in [0, 0.1) is 0 Å². The fraction of sp³-hybridized carbons (Fsp3) is 0.213. The second-order valence-corrected chi connectivity index (χ2v) is 16.8. The summed E-state index contributed by atoms with van der Waals surface area (Å²) in [4.78, 5) is 56.1. The van der Waals surface area contributed by atoms with Crippen LogP contribution in [0.25, 0.3) is 32.0 Å². The predicted octanol–water partition coefficient (Wildman–Crippen LogP) is 9.93. The van der Waals surface area contributed by atoms with Gasteiger partial charge in [0, 0.05) is 25.5 Å². The van der Waals surface area contributed by atoms with Crippen LogP contribution in [-0.4, -0.2) is 50.6 Å². The van der Waals surface area contributed by atoms with Gasteiger partial charge in [0.25, 0.3) is 5.91 Å². The maximum absolute atomic E-state index is 14.2. The Balaban J connectivity index is 0.856. The fourth-order valence-electron chi connectivity index (χ4n) is 7.99. The minimum Gasteiger partial charge on any atom is -0.472 e. The Morgan fingerprint density at radius 2 is 1.21 bits per heavy atom. The number of benzene rings is 4. The van der Waals surface area contributed by atoms with Gasteiger partial charge in [0.05, 0.1) is 40.1 Å². The Hall–Kier alpha value is -6.17. The summed E-state index contributed by atoms with van der Waals surface area (Å²) in [5, 5.41) is 4.83. The molecule has 2 fully saturated rings. The zero-order valence-corrected chi connectivity index (χ0v) is 33.3. The van der Waals surface area contributed by atoms with E-state index in [-0.39, 0.29) is 29.8 Å². The number of nitrogens with one attached hydrogen (secondary N) is 1. The number of rotatable bonds is 11. The van der Waals surface area contributed by atoms with Gasteiger partial charge in [-0.05, 0) is 65.1 Å². The second kappa shape index (κ2) is 16.7. The van der Waals surface area contributed by atoms with E-state index in [1.165, 1.54) is 12.5 Å². The largest absolute Gasteiger partial charge is 0.472 e. The summed E-state index contributed by atoms with van der Waals surface area (Å²) < 4.78 is 5.11. The zero-order valence-electron chi connectivity index (χ0n) is 31.7. The molecule has 3 amide bonds. The molecule has 1 N–H and O–H groups in total. The molecule has 2 aliphatic rings. The van der Waals surface area contributed by atoms with Crippen molar-refractivity contribution in [2.45, 2.75) is 50.2 Å². The molecule has 0 radical (unpaired) electrons. The predicted molar refractivity (Wildman–Crippen MR) is 227 cm³/mol. The quantitative estimate of drug-likeness (QED) is 0.140. The van der Waals surface area contributed by atoms with Gasteiger partial charge in [-0.2, -0.15) is 0 Å². The lowest BCUT2D eigenvalue weighted by Gasteiger charge is -2.28. The Morgan fingerprint density at radius 3 is 1.78 bits per heavy atom. The van der Waals surface area contributed by atoms with Gasteiger partial charge in [-0.15, -0.1) is 22.7 Å². The summed E-state index contributed by atoms with van der Waals surface area (Å²) in [7, 11) is 0. The highest BCUT2D eigenvalue weighted by atomic mass is 32.1. The number of thiazole rings is 2. The van der Waals surface area contributed by atoms with Crippen molar-refractivity contribution in [3.05, 3.63) is 167 Å². The smallest absolute Gasteiger partial charge is 0.255 e. The summed E-state index contributed by atoms with van der Waals surface area (Å²) in [6, 6.07) is 37.0. The van der Waals surface area contributed by atoms with Crippen LogP contribution in [-0.2, 0) is 16.0 Å². The van der Waals surface area contributed by atoms with Crippen molar-refractivity contribution >= 4 is 40.4 Å². The summed E-state index contributed by atoms with van der Waals surface area (Å²) in [5.41, 5.74) is 6.53. The van der Waals surface area contributed by atoms with Crippen molar-refractivity contribution in [2.75, 3.05) is 13.1 Å². The third kappa shape index (κ3) is 7.88. The minimum atomic E-state index is -0.838. The third-order valence-electron chi connectivity index (χ3n) is 11.0. The summed E-state index contributed by atoms with van der Waals surface area (Å²) in [5.74, 6) is -0.357. The standard InChI is InChI=1S/C47H41N5O4S2/c53-42(27-31-9-3-1-4-10-31)51-24-7-13-38(51)45-48-28-40(57-45)34-19-15-32(16-20-34)33-17-21-35(22-18-33)41-29-49-46(58-41)39-14-8-25-52(39)47(55)43(36-11-5-2-6-12-36)50-44(54)37-23-26-56-30-37/h1-6,9-12,15-23,26,28-30,38-39,43H,7-8,13-14,24-25,27H2,(H,50,54)/t38?,39-,43+/m0/s1. The average Bonchev–Trinajstić information content (AvgIpc) is 4.13. The van der Waals surface area contributed by atoms with E-state index in [2.05, 4.69) is 53.8 Å². The van der Waals surface area contributed by atoms with E-state index in [1.807, 2.05) is 82.9 Å². The van der Waals surface area contributed by atoms with E-state index in [0.717, 1.165) is 85.4 Å². The number of carbonyl (C=O) groups is 3. The molecule has 2 aliphatic heterocycles. The fourth-order valence-corrected chi connectivity index (χ4v) is 10.1. The minimum absolute atomic E-state index is 0.0294. The number of likely N-dealkylation sites (tertiary alicyclic amines) is 2. The molecular formula is C47H41N5O4S2. The van der Waals surface area contributed by atoms with Crippen LogP contribution in [0.15, 0.2) is 145 Å². The van der Waals surface area contributed by atoms with Gasteiger partial charge in [-0.25, -0.2) is 9.97 Å². The van der Waals surface area contributed by atoms with E-state index in [1.54, 1.807) is 28.7 Å². The molecule has 3 aromatic heterocycles. The number of nitrogens with zero attached hydrogens (tertiary/aromatic N) is 4. The highest BCUT2D eigenvalue weighted by molar-refractivity contribution is 7.15. The maximum Gasteiger partial charge on any atom is 0.255 e. The maximum atomic E-state index is 14.2. The zero-order chi connectivity index (χ0) is 39.4. The van der Waals surface area contributed by atoms with E-state index < -0.39 is 6.04 Å². The molecule has 0 spiro atoms. The average molecular weight is 804 g/mol. The lowest BCUT2D eigenvalue weighted by molar-refractivity contribution is -0.134. The summed E-state index contributed by atoms with van der Waals surface area (Å²) in [6.45, 7) is 1.37. The van der Waals surface area contributed by atoms with Crippen molar-refractivity contribution in [3.8, 4) is 32.0 Å². The van der Waals surface area contributed by atoms with Crippen LogP contribution in [0.3, 0.4) is 0 Å². The van der Waals surface area contributed by atoms with Crippen LogP contribution in [0.5, 0.6) is 0 Å². The molecule has 0 bridgehead atoms. The molecule has 7 aromatic rings. The van der Waals surface area contributed by atoms with Gasteiger partial charge in [-0.1, -0.05) is 109 Å². The van der Waals surface area contributed by atoms with Gasteiger partial charge in [0.1, 0.15) is 22.3 Å². The molecule has 3 atom stereocenters. The SMILES string of the molecule is O=C(N[C@@H](C(=O)N1CCC[C@H]1c1ncc(-c2ccc(-c3ccc(-c4cnc(C5CCCN5C(=O)Cc5ccccc5)s4)cc3)cc2)s1)c1ccccc1)c1ccoc1. The molecule has 5 heterocycles. The number of furan rings is 1. The molecule has 9 nitrogen and oxygen atoms in total. The molecule has 9 rings (SSSR count). The lowest BCUT2D eigenvalue weighted by Crippen LogP contribution is -2.42. The van der Waals surface area contributed by atoms with E-state index >= 15 is 0 Å². The summed E-state index contributed by atoms with van der Waals surface area (Å²) >= 11 is 3.28. The third-order valence-corrected chi connectivity index (χ3v) is 13.3. The van der Waals surface area contributed by atoms with Crippen molar-refractivity contribution in [2.24, 2.45) is 0 Å². The Kier molecular flexibility index (Phi) is 10.8. The van der Waals surface area contributed by atoms with Crippen LogP contribution in [0.4, 0.5) is 0 Å². The molecular weight excluding hydrogens is 763 g/mol. The number of aromatic nitrogens is 2.